The Hall–Kier alpha value is -2.06. The van der Waals surface area contributed by atoms with Gasteiger partial charge in [0.2, 0.25) is 0 Å². The Labute approximate surface area is 148 Å². The van der Waals surface area contributed by atoms with Crippen molar-refractivity contribution in [1.82, 2.24) is 0 Å². The number of nitrogens with zero attached hydrogens (tertiary/aromatic N) is 1. The van der Waals surface area contributed by atoms with Gasteiger partial charge in [0.1, 0.15) is 5.75 Å². The highest BCUT2D eigenvalue weighted by Gasteiger charge is 2.25. The van der Waals surface area contributed by atoms with E-state index in [1.54, 1.807) is 24.3 Å². The maximum atomic E-state index is 12.8. The van der Waals surface area contributed by atoms with Gasteiger partial charge < -0.3 is 14.6 Å². The van der Waals surface area contributed by atoms with Gasteiger partial charge in [-0.15, -0.1) is 0 Å². The first-order chi connectivity index (χ1) is 11.3. The molecule has 2 rings (SSSR count). The van der Waals surface area contributed by atoms with Crippen molar-refractivity contribution in [3.63, 3.8) is 0 Å². The monoisotopic (exact) mass is 412 g/mol. The molecule has 2 aromatic carbocycles. The minimum absolute atomic E-state index is 0.0131. The number of carbonyl (C=O) groups excluding carboxylic acids is 1. The van der Waals surface area contributed by atoms with Crippen molar-refractivity contribution in [2.75, 3.05) is 17.5 Å². The number of sulfonamides is 1. The number of carboxylic acid groups (broad SMARTS) is 1. The van der Waals surface area contributed by atoms with Crippen LogP contribution in [0.2, 0.25) is 0 Å². The number of ether oxygens (including phenoxy) is 1. The zero-order valence-electron chi connectivity index (χ0n) is 12.8. The molecule has 24 heavy (non-hydrogen) atoms. The van der Waals surface area contributed by atoms with Crippen LogP contribution in [0.25, 0.3) is 0 Å². The van der Waals surface area contributed by atoms with Gasteiger partial charge in [-0.1, -0.05) is 15.9 Å². The van der Waals surface area contributed by atoms with E-state index in [1.165, 1.54) is 24.3 Å². The van der Waals surface area contributed by atoms with Crippen LogP contribution in [0.15, 0.2) is 57.9 Å². The predicted octanol–water partition coefficient (Wildman–Crippen LogP) is 1.79. The van der Waals surface area contributed by atoms with Crippen molar-refractivity contribution in [2.24, 2.45) is 0 Å². The van der Waals surface area contributed by atoms with E-state index in [0.717, 1.165) is 4.31 Å². The van der Waals surface area contributed by atoms with Crippen molar-refractivity contribution >= 4 is 37.6 Å². The SMILES string of the molecule is CCOc1ccc(N(CC(=O)[O-])S(=O)(=O)c2ccc(Br)cc2)cc1. The van der Waals surface area contributed by atoms with E-state index in [1.807, 2.05) is 6.92 Å². The Balaban J connectivity index is 2.43. The molecule has 0 bridgehead atoms. The molecule has 2 aromatic rings. The van der Waals surface area contributed by atoms with Crippen LogP contribution in [0.3, 0.4) is 0 Å². The fraction of sp³-hybridized carbons (Fsp3) is 0.188. The van der Waals surface area contributed by atoms with Gasteiger partial charge in [0.25, 0.3) is 10.0 Å². The van der Waals surface area contributed by atoms with E-state index in [0.29, 0.717) is 16.8 Å². The standard InChI is InChI=1S/C16H16BrNO5S/c1-2-23-14-7-5-13(6-8-14)18(11-16(19)20)24(21,22)15-9-3-12(17)4-10-15/h3-10H,2,11H2,1H3,(H,19,20)/p-1. The first-order valence-electron chi connectivity index (χ1n) is 7.05. The van der Waals surface area contributed by atoms with Gasteiger partial charge in [-0.05, 0) is 55.5 Å². The lowest BCUT2D eigenvalue weighted by atomic mass is 10.3. The molecule has 0 N–H and O–H groups in total. The van der Waals surface area contributed by atoms with Crippen LogP contribution >= 0.6 is 15.9 Å². The van der Waals surface area contributed by atoms with Gasteiger partial charge in [-0.3, -0.25) is 4.31 Å². The molecule has 0 heterocycles. The van der Waals surface area contributed by atoms with E-state index < -0.39 is 22.5 Å². The Morgan fingerprint density at radius 1 is 1.12 bits per heavy atom. The number of anilines is 1. The third-order valence-corrected chi connectivity index (χ3v) is 5.43. The molecule has 0 saturated carbocycles. The molecule has 128 valence electrons. The van der Waals surface area contributed by atoms with E-state index in [-0.39, 0.29) is 10.6 Å². The maximum absolute atomic E-state index is 12.8. The van der Waals surface area contributed by atoms with E-state index >= 15 is 0 Å². The molecular weight excluding hydrogens is 398 g/mol. The quantitative estimate of drug-likeness (QED) is 0.691. The first kappa shape index (κ1) is 18.3. The summed E-state index contributed by atoms with van der Waals surface area (Å²) in [5, 5.41) is 11.0. The summed E-state index contributed by atoms with van der Waals surface area (Å²) >= 11 is 3.23. The molecule has 0 spiro atoms. The molecule has 0 aliphatic carbocycles. The molecule has 0 radical (unpaired) electrons. The Kier molecular flexibility index (Phi) is 5.84. The highest BCUT2D eigenvalue weighted by molar-refractivity contribution is 9.10. The second kappa shape index (κ2) is 7.67. The second-order valence-corrected chi connectivity index (χ2v) is 7.54. The summed E-state index contributed by atoms with van der Waals surface area (Å²) in [5.41, 5.74) is 0.213. The number of rotatable bonds is 7. The van der Waals surface area contributed by atoms with Crippen LogP contribution in [0.1, 0.15) is 6.92 Å². The molecular formula is C16H15BrNO5S-. The number of hydrogen-bond donors (Lipinski definition) is 0. The number of aliphatic carboxylic acids is 1. The van der Waals surface area contributed by atoms with Gasteiger partial charge in [-0.2, -0.15) is 0 Å². The summed E-state index contributed by atoms with van der Waals surface area (Å²) in [5.74, 6) is -0.930. The molecule has 0 aliphatic heterocycles. The van der Waals surface area contributed by atoms with Crippen LogP contribution in [-0.2, 0) is 14.8 Å². The minimum Gasteiger partial charge on any atom is -0.548 e. The lowest BCUT2D eigenvalue weighted by molar-refractivity contribution is -0.303. The van der Waals surface area contributed by atoms with E-state index in [2.05, 4.69) is 15.9 Å². The van der Waals surface area contributed by atoms with Gasteiger partial charge in [0.15, 0.2) is 0 Å². The number of carbonyl (C=O) groups is 1. The van der Waals surface area contributed by atoms with Gasteiger partial charge in [0.05, 0.1) is 29.7 Å². The summed E-state index contributed by atoms with van der Waals surface area (Å²) in [4.78, 5) is 11.0. The van der Waals surface area contributed by atoms with Crippen molar-refractivity contribution in [2.45, 2.75) is 11.8 Å². The largest absolute Gasteiger partial charge is 0.548 e. The smallest absolute Gasteiger partial charge is 0.264 e. The van der Waals surface area contributed by atoms with Gasteiger partial charge in [0, 0.05) is 4.47 Å². The summed E-state index contributed by atoms with van der Waals surface area (Å²) in [6, 6.07) is 12.1. The lowest BCUT2D eigenvalue weighted by Gasteiger charge is -2.25. The molecule has 0 aromatic heterocycles. The lowest BCUT2D eigenvalue weighted by Crippen LogP contribution is -2.41. The normalized spacial score (nSPS) is 11.1. The molecule has 0 fully saturated rings. The Bertz CT molecular complexity index is 803. The summed E-state index contributed by atoms with van der Waals surface area (Å²) in [6.07, 6.45) is 0. The summed E-state index contributed by atoms with van der Waals surface area (Å²) in [7, 11) is -4.04. The molecule has 8 heteroatoms. The van der Waals surface area contributed by atoms with Crippen LogP contribution in [0, 0.1) is 0 Å². The number of halogens is 1. The Morgan fingerprint density at radius 2 is 1.71 bits per heavy atom. The molecule has 0 saturated heterocycles. The zero-order valence-corrected chi connectivity index (χ0v) is 15.2. The third kappa shape index (κ3) is 4.27. The second-order valence-electron chi connectivity index (χ2n) is 4.76. The number of hydrogen-bond acceptors (Lipinski definition) is 5. The van der Waals surface area contributed by atoms with Crippen molar-refractivity contribution in [1.29, 1.82) is 0 Å². The average molecular weight is 413 g/mol. The van der Waals surface area contributed by atoms with Gasteiger partial charge in [-0.25, -0.2) is 8.42 Å². The van der Waals surface area contributed by atoms with Crippen LogP contribution in [0.5, 0.6) is 5.75 Å². The first-order valence-corrected chi connectivity index (χ1v) is 9.29. The van der Waals surface area contributed by atoms with Crippen molar-refractivity contribution < 1.29 is 23.1 Å². The Morgan fingerprint density at radius 3 is 2.21 bits per heavy atom. The molecule has 0 amide bonds. The molecule has 0 aliphatic rings. The average Bonchev–Trinajstić information content (AvgIpc) is 2.54. The number of carboxylic acids is 1. The highest BCUT2D eigenvalue weighted by atomic mass is 79.9. The van der Waals surface area contributed by atoms with Crippen LogP contribution < -0.4 is 14.1 Å². The predicted molar refractivity (Wildman–Crippen MR) is 91.3 cm³/mol. The van der Waals surface area contributed by atoms with Crippen molar-refractivity contribution in [3.8, 4) is 5.75 Å². The summed E-state index contributed by atoms with van der Waals surface area (Å²) < 4.78 is 32.4. The fourth-order valence-corrected chi connectivity index (χ4v) is 3.71. The molecule has 0 unspecified atom stereocenters. The van der Waals surface area contributed by atoms with Crippen LogP contribution in [-0.4, -0.2) is 27.5 Å². The van der Waals surface area contributed by atoms with E-state index in [4.69, 9.17) is 4.74 Å². The van der Waals surface area contributed by atoms with E-state index in [9.17, 15) is 18.3 Å². The zero-order chi connectivity index (χ0) is 17.7. The topological polar surface area (TPSA) is 86.7 Å². The van der Waals surface area contributed by atoms with Crippen LogP contribution in [0.4, 0.5) is 5.69 Å². The maximum Gasteiger partial charge on any atom is 0.264 e. The fourth-order valence-electron chi connectivity index (χ4n) is 2.04. The molecule has 6 nitrogen and oxygen atoms in total. The van der Waals surface area contributed by atoms with Crippen molar-refractivity contribution in [3.05, 3.63) is 53.0 Å². The highest BCUT2D eigenvalue weighted by Crippen LogP contribution is 2.26. The van der Waals surface area contributed by atoms with Gasteiger partial charge >= 0.3 is 0 Å². The number of benzene rings is 2. The molecule has 0 atom stereocenters. The summed E-state index contributed by atoms with van der Waals surface area (Å²) in [6.45, 7) is 1.51. The third-order valence-electron chi connectivity index (χ3n) is 3.11. The minimum atomic E-state index is -4.04.